The summed E-state index contributed by atoms with van der Waals surface area (Å²) in [4.78, 5) is 20.7. The number of benzene rings is 1. The third-order valence-electron chi connectivity index (χ3n) is 2.96. The largest absolute Gasteiger partial charge is 0.508 e. The number of phenolic OH excluding ortho intramolecular Hbond substituents is 1. The van der Waals surface area contributed by atoms with Crippen molar-refractivity contribution in [3.8, 4) is 16.5 Å². The summed E-state index contributed by atoms with van der Waals surface area (Å²) in [7, 11) is 0. The normalized spacial score (nSPS) is 10.9. The van der Waals surface area contributed by atoms with Gasteiger partial charge in [0.15, 0.2) is 5.78 Å². The number of carbonyl (C=O) groups is 1. The maximum absolute atomic E-state index is 12.0. The van der Waals surface area contributed by atoms with E-state index >= 15 is 0 Å². The van der Waals surface area contributed by atoms with E-state index in [-0.39, 0.29) is 11.5 Å². The SMILES string of the molecule is O=C(/C=C/c1csc(-c2ccccn2)n1)c1ccc(O)cc1. The van der Waals surface area contributed by atoms with Crippen molar-refractivity contribution in [2.24, 2.45) is 0 Å². The maximum Gasteiger partial charge on any atom is 0.185 e. The number of carbonyl (C=O) groups excluding carboxylic acids is 1. The first-order chi connectivity index (χ1) is 10.7. The number of hydrogen-bond donors (Lipinski definition) is 1. The Bertz CT molecular complexity index is 808. The van der Waals surface area contributed by atoms with Crippen molar-refractivity contribution in [3.63, 3.8) is 0 Å². The number of aromatic hydroxyl groups is 1. The molecule has 0 spiro atoms. The van der Waals surface area contributed by atoms with E-state index < -0.39 is 0 Å². The van der Waals surface area contributed by atoms with Crippen molar-refractivity contribution in [1.82, 2.24) is 9.97 Å². The Balaban J connectivity index is 1.75. The molecule has 0 atom stereocenters. The summed E-state index contributed by atoms with van der Waals surface area (Å²) in [6, 6.07) is 11.8. The molecule has 0 saturated heterocycles. The highest BCUT2D eigenvalue weighted by Crippen LogP contribution is 2.22. The molecule has 0 fully saturated rings. The first-order valence-electron chi connectivity index (χ1n) is 6.61. The third-order valence-corrected chi connectivity index (χ3v) is 3.85. The first-order valence-corrected chi connectivity index (χ1v) is 7.49. The van der Waals surface area contributed by atoms with Gasteiger partial charge in [-0.25, -0.2) is 4.98 Å². The molecule has 0 aliphatic carbocycles. The van der Waals surface area contributed by atoms with Crippen LogP contribution in [0.4, 0.5) is 0 Å². The highest BCUT2D eigenvalue weighted by Gasteiger charge is 2.05. The first kappa shape index (κ1) is 14.2. The van der Waals surface area contributed by atoms with Crippen molar-refractivity contribution >= 4 is 23.2 Å². The molecule has 3 aromatic rings. The smallest absolute Gasteiger partial charge is 0.185 e. The molecular weight excluding hydrogens is 296 g/mol. The van der Waals surface area contributed by atoms with Crippen LogP contribution < -0.4 is 0 Å². The number of hydrogen-bond acceptors (Lipinski definition) is 5. The molecule has 0 aliphatic heterocycles. The fraction of sp³-hybridized carbons (Fsp3) is 0. The van der Waals surface area contributed by atoms with Gasteiger partial charge in [0.2, 0.25) is 0 Å². The zero-order chi connectivity index (χ0) is 15.4. The lowest BCUT2D eigenvalue weighted by atomic mass is 10.1. The minimum absolute atomic E-state index is 0.132. The van der Waals surface area contributed by atoms with E-state index in [1.54, 1.807) is 24.4 Å². The zero-order valence-corrected chi connectivity index (χ0v) is 12.3. The minimum Gasteiger partial charge on any atom is -0.508 e. The van der Waals surface area contributed by atoms with Crippen molar-refractivity contribution in [2.75, 3.05) is 0 Å². The molecular formula is C17H12N2O2S. The number of rotatable bonds is 4. The lowest BCUT2D eigenvalue weighted by Crippen LogP contribution is -1.93. The Morgan fingerprint density at radius 2 is 1.95 bits per heavy atom. The van der Waals surface area contributed by atoms with Gasteiger partial charge in [0.1, 0.15) is 10.8 Å². The quantitative estimate of drug-likeness (QED) is 0.588. The predicted molar refractivity (Wildman–Crippen MR) is 86.8 cm³/mol. The lowest BCUT2D eigenvalue weighted by molar-refractivity contribution is 0.104. The Hall–Kier alpha value is -2.79. The number of pyridine rings is 1. The molecule has 22 heavy (non-hydrogen) atoms. The fourth-order valence-electron chi connectivity index (χ4n) is 1.85. The molecule has 0 amide bonds. The van der Waals surface area contributed by atoms with Gasteiger partial charge in [0, 0.05) is 17.1 Å². The van der Waals surface area contributed by atoms with Crippen LogP contribution >= 0.6 is 11.3 Å². The minimum atomic E-state index is -0.132. The fourth-order valence-corrected chi connectivity index (χ4v) is 2.62. The number of thiazole rings is 1. The van der Waals surface area contributed by atoms with Gasteiger partial charge in [0.05, 0.1) is 11.4 Å². The second kappa shape index (κ2) is 6.32. The summed E-state index contributed by atoms with van der Waals surface area (Å²) in [5.74, 6) is 0.00687. The molecule has 2 aromatic heterocycles. The van der Waals surface area contributed by atoms with Crippen LogP contribution in [0.1, 0.15) is 16.1 Å². The molecule has 0 radical (unpaired) electrons. The van der Waals surface area contributed by atoms with Crippen LogP contribution in [0.15, 0.2) is 60.1 Å². The van der Waals surface area contributed by atoms with Crippen LogP contribution in [0.3, 0.4) is 0 Å². The van der Waals surface area contributed by atoms with E-state index in [0.29, 0.717) is 5.56 Å². The van der Waals surface area contributed by atoms with Crippen LogP contribution in [-0.4, -0.2) is 20.9 Å². The number of phenols is 1. The van der Waals surface area contributed by atoms with Gasteiger partial charge in [-0.3, -0.25) is 9.78 Å². The Morgan fingerprint density at radius 1 is 1.14 bits per heavy atom. The zero-order valence-electron chi connectivity index (χ0n) is 11.5. The topological polar surface area (TPSA) is 63.1 Å². The second-order valence-corrected chi connectivity index (χ2v) is 5.40. The Labute approximate surface area is 131 Å². The van der Waals surface area contributed by atoms with E-state index in [2.05, 4.69) is 9.97 Å². The lowest BCUT2D eigenvalue weighted by Gasteiger charge is -1.95. The summed E-state index contributed by atoms with van der Waals surface area (Å²) < 4.78 is 0. The predicted octanol–water partition coefficient (Wildman–Crippen LogP) is 3.81. The highest BCUT2D eigenvalue weighted by molar-refractivity contribution is 7.13. The summed E-state index contributed by atoms with van der Waals surface area (Å²) in [5, 5.41) is 11.9. The summed E-state index contributed by atoms with van der Waals surface area (Å²) in [6.07, 6.45) is 4.88. The summed E-state index contributed by atoms with van der Waals surface area (Å²) in [6.45, 7) is 0. The number of ketones is 1. The van der Waals surface area contributed by atoms with Crippen LogP contribution in [-0.2, 0) is 0 Å². The van der Waals surface area contributed by atoms with Gasteiger partial charge in [-0.2, -0.15) is 0 Å². The van der Waals surface area contributed by atoms with Gasteiger partial charge in [-0.1, -0.05) is 6.07 Å². The van der Waals surface area contributed by atoms with Crippen molar-refractivity contribution in [1.29, 1.82) is 0 Å². The van der Waals surface area contributed by atoms with E-state index in [4.69, 9.17) is 0 Å². The third kappa shape index (κ3) is 3.27. The van der Waals surface area contributed by atoms with E-state index in [0.717, 1.165) is 16.4 Å². The molecule has 1 N–H and O–H groups in total. The molecule has 4 nitrogen and oxygen atoms in total. The number of nitrogens with zero attached hydrogens (tertiary/aromatic N) is 2. The summed E-state index contributed by atoms with van der Waals surface area (Å²) >= 11 is 1.48. The molecule has 0 bridgehead atoms. The average molecular weight is 308 g/mol. The van der Waals surface area contributed by atoms with Gasteiger partial charge in [0.25, 0.3) is 0 Å². The van der Waals surface area contributed by atoms with Crippen molar-refractivity contribution in [2.45, 2.75) is 0 Å². The van der Waals surface area contributed by atoms with Crippen molar-refractivity contribution in [3.05, 3.63) is 71.4 Å². The van der Waals surface area contributed by atoms with Crippen LogP contribution in [0.25, 0.3) is 16.8 Å². The van der Waals surface area contributed by atoms with Crippen LogP contribution in [0.2, 0.25) is 0 Å². The molecule has 0 saturated carbocycles. The van der Waals surface area contributed by atoms with Gasteiger partial charge in [-0.15, -0.1) is 11.3 Å². The molecule has 5 heteroatoms. The standard InChI is InChI=1S/C17H12N2O2S/c20-14-7-4-12(5-8-14)16(21)9-6-13-11-22-17(19-13)15-3-1-2-10-18-15/h1-11,20H/b9-6+. The molecule has 1 aromatic carbocycles. The highest BCUT2D eigenvalue weighted by atomic mass is 32.1. The number of aromatic nitrogens is 2. The molecule has 0 aliphatic rings. The molecule has 0 unspecified atom stereocenters. The van der Waals surface area contributed by atoms with Crippen LogP contribution in [0, 0.1) is 0 Å². The molecule has 108 valence electrons. The van der Waals surface area contributed by atoms with Crippen LogP contribution in [0.5, 0.6) is 5.75 Å². The molecule has 3 rings (SSSR count). The Kier molecular flexibility index (Phi) is 4.07. The monoisotopic (exact) mass is 308 g/mol. The van der Waals surface area contributed by atoms with Gasteiger partial charge in [-0.05, 0) is 48.6 Å². The van der Waals surface area contributed by atoms with Gasteiger partial charge >= 0.3 is 0 Å². The van der Waals surface area contributed by atoms with E-state index in [9.17, 15) is 9.90 Å². The average Bonchev–Trinajstić information content (AvgIpc) is 3.03. The van der Waals surface area contributed by atoms with Crippen molar-refractivity contribution < 1.29 is 9.90 Å². The number of allylic oxidation sites excluding steroid dienone is 1. The van der Waals surface area contributed by atoms with Gasteiger partial charge < -0.3 is 5.11 Å². The maximum atomic E-state index is 12.0. The van der Waals surface area contributed by atoms with E-state index in [1.165, 1.54) is 29.5 Å². The summed E-state index contributed by atoms with van der Waals surface area (Å²) in [5.41, 5.74) is 2.06. The van der Waals surface area contributed by atoms with E-state index in [1.807, 2.05) is 23.6 Å². The Morgan fingerprint density at radius 3 is 2.68 bits per heavy atom. The molecule has 2 heterocycles. The second-order valence-electron chi connectivity index (χ2n) is 4.54.